The van der Waals surface area contributed by atoms with Crippen LogP contribution in [-0.2, 0) is 14.8 Å². The van der Waals surface area contributed by atoms with Crippen LogP contribution in [0.5, 0.6) is 0 Å². The number of hydrogen-bond donors (Lipinski definition) is 1. The van der Waals surface area contributed by atoms with Crippen molar-refractivity contribution < 1.29 is 13.2 Å². The van der Waals surface area contributed by atoms with Crippen molar-refractivity contribution >= 4 is 42.6 Å². The minimum atomic E-state index is -3.48. The monoisotopic (exact) mass is 375 g/mol. The maximum absolute atomic E-state index is 12.3. The van der Waals surface area contributed by atoms with Crippen LogP contribution in [0, 0.1) is 0 Å². The lowest BCUT2D eigenvalue weighted by molar-refractivity contribution is -0.114. The van der Waals surface area contributed by atoms with Crippen LogP contribution in [0.4, 0.5) is 5.13 Å². The molecule has 0 radical (unpaired) electrons. The van der Waals surface area contributed by atoms with Gasteiger partial charge in [0, 0.05) is 21.0 Å². The smallest absolute Gasteiger partial charge is 0.242 e. The highest BCUT2D eigenvalue weighted by Crippen LogP contribution is 2.31. The SMILES string of the molecule is CC(=O)Nc1nc2ccc(-c3cccc(S(=O)(=O)N(C)C)c3)cc2s1. The van der Waals surface area contributed by atoms with E-state index in [0.29, 0.717) is 5.13 Å². The second-order valence-corrected chi connectivity index (χ2v) is 8.88. The highest BCUT2D eigenvalue weighted by atomic mass is 32.2. The number of carbonyl (C=O) groups excluding carboxylic acids is 1. The summed E-state index contributed by atoms with van der Waals surface area (Å²) in [5, 5.41) is 3.22. The number of sulfonamides is 1. The first-order chi connectivity index (χ1) is 11.8. The fourth-order valence-corrected chi connectivity index (χ4v) is 4.25. The number of amides is 1. The number of benzene rings is 2. The molecule has 2 aromatic carbocycles. The third-order valence-electron chi connectivity index (χ3n) is 3.62. The van der Waals surface area contributed by atoms with E-state index in [9.17, 15) is 13.2 Å². The largest absolute Gasteiger partial charge is 0.302 e. The molecule has 1 amide bonds. The van der Waals surface area contributed by atoms with Crippen LogP contribution >= 0.6 is 11.3 Å². The molecular formula is C17H17N3O3S2. The van der Waals surface area contributed by atoms with E-state index in [-0.39, 0.29) is 10.8 Å². The van der Waals surface area contributed by atoms with E-state index in [4.69, 9.17) is 0 Å². The number of fused-ring (bicyclic) bond motifs is 1. The lowest BCUT2D eigenvalue weighted by Gasteiger charge is -2.12. The number of rotatable bonds is 4. The number of aromatic nitrogens is 1. The van der Waals surface area contributed by atoms with Crippen LogP contribution in [0.25, 0.3) is 21.3 Å². The van der Waals surface area contributed by atoms with Crippen LogP contribution in [0.3, 0.4) is 0 Å². The van der Waals surface area contributed by atoms with Crippen LogP contribution in [0.15, 0.2) is 47.4 Å². The first-order valence-electron chi connectivity index (χ1n) is 7.48. The quantitative estimate of drug-likeness (QED) is 0.760. The molecular weight excluding hydrogens is 358 g/mol. The van der Waals surface area contributed by atoms with Crippen LogP contribution in [0.1, 0.15) is 6.92 Å². The molecule has 8 heteroatoms. The number of anilines is 1. The average Bonchev–Trinajstić information content (AvgIpc) is 2.95. The fraction of sp³-hybridized carbons (Fsp3) is 0.176. The fourth-order valence-electron chi connectivity index (χ4n) is 2.36. The van der Waals surface area contributed by atoms with Crippen molar-refractivity contribution in [1.82, 2.24) is 9.29 Å². The van der Waals surface area contributed by atoms with Gasteiger partial charge in [-0.3, -0.25) is 4.79 Å². The Kier molecular flexibility index (Phi) is 4.59. The van der Waals surface area contributed by atoms with E-state index in [0.717, 1.165) is 21.3 Å². The van der Waals surface area contributed by atoms with Gasteiger partial charge in [-0.25, -0.2) is 17.7 Å². The summed E-state index contributed by atoms with van der Waals surface area (Å²) in [6, 6.07) is 12.5. The van der Waals surface area contributed by atoms with Gasteiger partial charge in [-0.05, 0) is 35.4 Å². The van der Waals surface area contributed by atoms with Gasteiger partial charge in [0.2, 0.25) is 15.9 Å². The lowest BCUT2D eigenvalue weighted by atomic mass is 10.1. The van der Waals surface area contributed by atoms with Crippen LogP contribution in [-0.4, -0.2) is 37.7 Å². The first-order valence-corrected chi connectivity index (χ1v) is 9.74. The first kappa shape index (κ1) is 17.5. The van der Waals surface area contributed by atoms with E-state index >= 15 is 0 Å². The van der Waals surface area contributed by atoms with Crippen molar-refractivity contribution in [3.63, 3.8) is 0 Å². The summed E-state index contributed by atoms with van der Waals surface area (Å²) in [6.07, 6.45) is 0. The molecule has 1 N–H and O–H groups in total. The van der Waals surface area contributed by atoms with Gasteiger partial charge in [-0.2, -0.15) is 0 Å². The average molecular weight is 375 g/mol. The predicted molar refractivity (Wildman–Crippen MR) is 100 cm³/mol. The van der Waals surface area contributed by atoms with Gasteiger partial charge in [-0.1, -0.05) is 29.5 Å². The van der Waals surface area contributed by atoms with Gasteiger partial charge in [0.1, 0.15) is 0 Å². The molecule has 0 saturated heterocycles. The van der Waals surface area contributed by atoms with E-state index in [1.807, 2.05) is 24.3 Å². The highest BCUT2D eigenvalue weighted by molar-refractivity contribution is 7.89. The van der Waals surface area contributed by atoms with Crippen LogP contribution in [0.2, 0.25) is 0 Å². The van der Waals surface area contributed by atoms with Gasteiger partial charge in [0.25, 0.3) is 0 Å². The Balaban J connectivity index is 2.03. The molecule has 130 valence electrons. The minimum absolute atomic E-state index is 0.166. The number of nitrogens with one attached hydrogen (secondary N) is 1. The summed E-state index contributed by atoms with van der Waals surface area (Å²) < 4.78 is 26.7. The third kappa shape index (κ3) is 3.55. The highest BCUT2D eigenvalue weighted by Gasteiger charge is 2.17. The Morgan fingerprint density at radius 2 is 1.84 bits per heavy atom. The number of hydrogen-bond acceptors (Lipinski definition) is 5. The molecule has 3 rings (SSSR count). The molecule has 0 unspecified atom stereocenters. The molecule has 3 aromatic rings. The molecule has 6 nitrogen and oxygen atoms in total. The van der Waals surface area contributed by atoms with Gasteiger partial charge >= 0.3 is 0 Å². The predicted octanol–water partition coefficient (Wildman–Crippen LogP) is 3.17. The second kappa shape index (κ2) is 6.55. The zero-order valence-corrected chi connectivity index (χ0v) is 15.6. The van der Waals surface area contributed by atoms with Gasteiger partial charge in [-0.15, -0.1) is 0 Å². The summed E-state index contributed by atoms with van der Waals surface area (Å²) in [4.78, 5) is 15.8. The zero-order valence-electron chi connectivity index (χ0n) is 14.0. The molecule has 0 bridgehead atoms. The Hall–Kier alpha value is -2.29. The van der Waals surface area contributed by atoms with E-state index < -0.39 is 10.0 Å². The van der Waals surface area contributed by atoms with Crippen molar-refractivity contribution in [2.45, 2.75) is 11.8 Å². The maximum Gasteiger partial charge on any atom is 0.242 e. The topological polar surface area (TPSA) is 79.4 Å². The maximum atomic E-state index is 12.3. The molecule has 0 spiro atoms. The number of nitrogens with zero attached hydrogens (tertiary/aromatic N) is 2. The summed E-state index contributed by atoms with van der Waals surface area (Å²) >= 11 is 1.38. The Morgan fingerprint density at radius 1 is 1.12 bits per heavy atom. The molecule has 0 aliphatic heterocycles. The normalized spacial score (nSPS) is 11.8. The standard InChI is InChI=1S/C17H17N3O3S2/c1-11(21)18-17-19-15-8-7-13(10-16(15)24-17)12-5-4-6-14(9-12)25(22,23)20(2)3/h4-10H,1-3H3,(H,18,19,21). The Labute approximate surface area is 150 Å². The van der Waals surface area contributed by atoms with E-state index in [2.05, 4.69) is 10.3 Å². The van der Waals surface area contributed by atoms with Crippen molar-refractivity contribution in [2.75, 3.05) is 19.4 Å². The van der Waals surface area contributed by atoms with Crippen molar-refractivity contribution in [2.24, 2.45) is 0 Å². The molecule has 1 aromatic heterocycles. The van der Waals surface area contributed by atoms with Crippen molar-refractivity contribution in [3.05, 3.63) is 42.5 Å². The van der Waals surface area contributed by atoms with Gasteiger partial charge in [0.15, 0.2) is 5.13 Å². The van der Waals surface area contributed by atoms with Crippen molar-refractivity contribution in [3.8, 4) is 11.1 Å². The van der Waals surface area contributed by atoms with E-state index in [1.165, 1.54) is 36.7 Å². The molecule has 0 atom stereocenters. The second-order valence-electron chi connectivity index (χ2n) is 5.70. The zero-order chi connectivity index (χ0) is 18.2. The molecule has 0 saturated carbocycles. The van der Waals surface area contributed by atoms with Crippen LogP contribution < -0.4 is 5.32 Å². The van der Waals surface area contributed by atoms with Gasteiger partial charge < -0.3 is 5.32 Å². The molecule has 0 aliphatic carbocycles. The molecule has 0 fully saturated rings. The minimum Gasteiger partial charge on any atom is -0.302 e. The Morgan fingerprint density at radius 3 is 2.52 bits per heavy atom. The number of thiazole rings is 1. The number of carbonyl (C=O) groups is 1. The van der Waals surface area contributed by atoms with Gasteiger partial charge in [0.05, 0.1) is 15.1 Å². The summed E-state index contributed by atoms with van der Waals surface area (Å²) in [5.74, 6) is -0.166. The summed E-state index contributed by atoms with van der Waals surface area (Å²) in [6.45, 7) is 1.44. The van der Waals surface area contributed by atoms with E-state index in [1.54, 1.807) is 18.2 Å². The van der Waals surface area contributed by atoms with Crippen molar-refractivity contribution in [1.29, 1.82) is 0 Å². The molecule has 1 heterocycles. The molecule has 25 heavy (non-hydrogen) atoms. The lowest BCUT2D eigenvalue weighted by Crippen LogP contribution is -2.22. The third-order valence-corrected chi connectivity index (χ3v) is 6.36. The Bertz CT molecular complexity index is 1060. The summed E-state index contributed by atoms with van der Waals surface area (Å²) in [7, 11) is -0.465. The molecule has 0 aliphatic rings. The summed E-state index contributed by atoms with van der Waals surface area (Å²) in [5.41, 5.74) is 2.48.